The monoisotopic (exact) mass is 264 g/mol. The zero-order valence-electron chi connectivity index (χ0n) is 9.89. The first-order valence-electron chi connectivity index (χ1n) is 5.35. The highest BCUT2D eigenvalue weighted by atomic mass is 32.2. The van der Waals surface area contributed by atoms with Gasteiger partial charge < -0.3 is 10.5 Å². The van der Waals surface area contributed by atoms with Crippen LogP contribution in [-0.2, 0) is 5.75 Å². The summed E-state index contributed by atoms with van der Waals surface area (Å²) in [4.78, 5) is 4.87. The summed E-state index contributed by atoms with van der Waals surface area (Å²) in [5, 5.41) is 0. The number of anilines is 1. The van der Waals surface area contributed by atoms with Crippen LogP contribution in [-0.4, -0.2) is 12.1 Å². The Morgan fingerprint density at radius 3 is 2.89 bits per heavy atom. The fraction of sp³-hybridized carbons (Fsp3) is 0.154. The third kappa shape index (κ3) is 2.92. The lowest BCUT2D eigenvalue weighted by atomic mass is 10.2. The molecule has 1 aromatic carbocycles. The van der Waals surface area contributed by atoms with E-state index in [9.17, 15) is 4.39 Å². The van der Waals surface area contributed by atoms with Crippen LogP contribution in [0.5, 0.6) is 5.75 Å². The smallest absolute Gasteiger partial charge is 0.165 e. The maximum absolute atomic E-state index is 13.5. The van der Waals surface area contributed by atoms with Gasteiger partial charge in [0.25, 0.3) is 0 Å². The number of hydrogen-bond acceptors (Lipinski definition) is 4. The van der Waals surface area contributed by atoms with Crippen molar-refractivity contribution in [1.82, 2.24) is 4.98 Å². The maximum Gasteiger partial charge on any atom is 0.165 e. The molecule has 0 fully saturated rings. The van der Waals surface area contributed by atoms with Crippen LogP contribution in [0, 0.1) is 5.82 Å². The van der Waals surface area contributed by atoms with Crippen LogP contribution in [0.25, 0.3) is 0 Å². The molecule has 0 aliphatic carbocycles. The molecule has 1 heterocycles. The Balaban J connectivity index is 2.07. The molecule has 0 aliphatic heterocycles. The van der Waals surface area contributed by atoms with E-state index in [1.807, 2.05) is 12.1 Å². The first-order valence-corrected chi connectivity index (χ1v) is 6.34. The summed E-state index contributed by atoms with van der Waals surface area (Å²) in [6, 6.07) is 6.79. The molecular formula is C13H13FN2OS. The number of rotatable bonds is 4. The normalized spacial score (nSPS) is 10.3. The zero-order valence-corrected chi connectivity index (χ0v) is 10.7. The van der Waals surface area contributed by atoms with E-state index >= 15 is 0 Å². The Hall–Kier alpha value is -1.75. The van der Waals surface area contributed by atoms with Gasteiger partial charge in [-0.2, -0.15) is 0 Å². The average Bonchev–Trinajstić information content (AvgIpc) is 2.38. The number of thioether (sulfide) groups is 1. The molecule has 0 atom stereocenters. The molecule has 1 aromatic heterocycles. The SMILES string of the molecule is COc1ccc(CSc2ccncc2N)cc1F. The molecule has 94 valence electrons. The van der Waals surface area contributed by atoms with E-state index in [2.05, 4.69) is 4.98 Å². The van der Waals surface area contributed by atoms with Crippen LogP contribution in [0.1, 0.15) is 5.56 Å². The third-order valence-corrected chi connectivity index (χ3v) is 3.58. The van der Waals surface area contributed by atoms with Crippen LogP contribution in [0.2, 0.25) is 0 Å². The fourth-order valence-electron chi connectivity index (χ4n) is 1.49. The van der Waals surface area contributed by atoms with Gasteiger partial charge in [-0.25, -0.2) is 4.39 Å². The van der Waals surface area contributed by atoms with Crippen LogP contribution >= 0.6 is 11.8 Å². The minimum absolute atomic E-state index is 0.257. The minimum Gasteiger partial charge on any atom is -0.494 e. The summed E-state index contributed by atoms with van der Waals surface area (Å²) < 4.78 is 18.4. The summed E-state index contributed by atoms with van der Waals surface area (Å²) >= 11 is 1.55. The van der Waals surface area contributed by atoms with Gasteiger partial charge >= 0.3 is 0 Å². The minimum atomic E-state index is -0.349. The lowest BCUT2D eigenvalue weighted by Gasteiger charge is -2.06. The molecule has 2 N–H and O–H groups in total. The van der Waals surface area contributed by atoms with Gasteiger partial charge in [-0.15, -0.1) is 11.8 Å². The van der Waals surface area contributed by atoms with Crippen molar-refractivity contribution >= 4 is 17.4 Å². The van der Waals surface area contributed by atoms with Gasteiger partial charge in [-0.3, -0.25) is 4.98 Å². The molecule has 2 rings (SSSR count). The van der Waals surface area contributed by atoms with Gasteiger partial charge in [-0.1, -0.05) is 6.07 Å². The summed E-state index contributed by atoms with van der Waals surface area (Å²) in [6.07, 6.45) is 3.30. The topological polar surface area (TPSA) is 48.1 Å². The number of halogens is 1. The van der Waals surface area contributed by atoms with Gasteiger partial charge in [0.15, 0.2) is 11.6 Å². The van der Waals surface area contributed by atoms with Crippen molar-refractivity contribution in [2.24, 2.45) is 0 Å². The molecule has 0 aliphatic rings. The molecule has 5 heteroatoms. The van der Waals surface area contributed by atoms with Gasteiger partial charge in [0.05, 0.1) is 19.0 Å². The number of aromatic nitrogens is 1. The standard InChI is InChI=1S/C13H13FN2OS/c1-17-12-3-2-9(6-10(12)14)8-18-13-4-5-16-7-11(13)15/h2-7H,8,15H2,1H3. The molecule has 0 spiro atoms. The second-order valence-electron chi connectivity index (χ2n) is 3.67. The van der Waals surface area contributed by atoms with Gasteiger partial charge in [0, 0.05) is 16.8 Å². The first kappa shape index (κ1) is 12.7. The highest BCUT2D eigenvalue weighted by Crippen LogP contribution is 2.28. The summed E-state index contributed by atoms with van der Waals surface area (Å²) in [7, 11) is 1.45. The van der Waals surface area contributed by atoms with E-state index in [1.54, 1.807) is 30.2 Å². The molecule has 3 nitrogen and oxygen atoms in total. The second kappa shape index (κ2) is 5.73. The zero-order chi connectivity index (χ0) is 13.0. The number of ether oxygens (including phenoxy) is 1. The molecule has 0 saturated heterocycles. The average molecular weight is 264 g/mol. The molecule has 0 bridgehead atoms. The number of benzene rings is 1. The van der Waals surface area contributed by atoms with E-state index in [4.69, 9.17) is 10.5 Å². The fourth-order valence-corrected chi connectivity index (χ4v) is 2.36. The summed E-state index contributed by atoms with van der Waals surface area (Å²) in [5.74, 6) is 0.556. The van der Waals surface area contributed by atoms with E-state index in [1.165, 1.54) is 13.2 Å². The molecule has 0 radical (unpaired) electrons. The number of nitrogens with two attached hydrogens (primary N) is 1. The molecule has 2 aromatic rings. The predicted octanol–water partition coefficient (Wildman–Crippen LogP) is 3.10. The Labute approximate surface area is 109 Å². The van der Waals surface area contributed by atoms with Crippen LogP contribution in [0.3, 0.4) is 0 Å². The number of methoxy groups -OCH3 is 1. The number of pyridine rings is 1. The van der Waals surface area contributed by atoms with Crippen LogP contribution in [0.4, 0.5) is 10.1 Å². The highest BCUT2D eigenvalue weighted by molar-refractivity contribution is 7.98. The van der Waals surface area contributed by atoms with E-state index in [0.717, 1.165) is 10.5 Å². The Morgan fingerprint density at radius 1 is 1.39 bits per heavy atom. The summed E-state index contributed by atoms with van der Waals surface area (Å²) in [5.41, 5.74) is 7.30. The van der Waals surface area contributed by atoms with Crippen molar-refractivity contribution in [3.8, 4) is 5.75 Å². The largest absolute Gasteiger partial charge is 0.494 e. The lowest BCUT2D eigenvalue weighted by molar-refractivity contribution is 0.386. The Morgan fingerprint density at radius 2 is 2.22 bits per heavy atom. The number of nitrogen functional groups attached to an aromatic ring is 1. The van der Waals surface area contributed by atoms with Gasteiger partial charge in [-0.05, 0) is 23.8 Å². The predicted molar refractivity (Wildman–Crippen MR) is 71.2 cm³/mol. The maximum atomic E-state index is 13.5. The third-order valence-electron chi connectivity index (χ3n) is 2.42. The van der Waals surface area contributed by atoms with Crippen molar-refractivity contribution in [1.29, 1.82) is 0 Å². The van der Waals surface area contributed by atoms with Crippen molar-refractivity contribution in [3.63, 3.8) is 0 Å². The lowest BCUT2D eigenvalue weighted by Crippen LogP contribution is -1.92. The number of nitrogens with zero attached hydrogens (tertiary/aromatic N) is 1. The summed E-state index contributed by atoms with van der Waals surface area (Å²) in [6.45, 7) is 0. The number of hydrogen-bond donors (Lipinski definition) is 1. The van der Waals surface area contributed by atoms with Gasteiger partial charge in [0.1, 0.15) is 0 Å². The Kier molecular flexibility index (Phi) is 4.04. The molecule has 18 heavy (non-hydrogen) atoms. The van der Waals surface area contributed by atoms with Gasteiger partial charge in [0.2, 0.25) is 0 Å². The molecular weight excluding hydrogens is 251 g/mol. The van der Waals surface area contributed by atoms with Crippen LogP contribution < -0.4 is 10.5 Å². The molecule has 0 amide bonds. The van der Waals surface area contributed by atoms with E-state index in [0.29, 0.717) is 11.4 Å². The molecule has 0 unspecified atom stereocenters. The van der Waals surface area contributed by atoms with Crippen molar-refractivity contribution in [2.45, 2.75) is 10.6 Å². The van der Waals surface area contributed by atoms with E-state index in [-0.39, 0.29) is 11.6 Å². The Bertz CT molecular complexity index is 548. The highest BCUT2D eigenvalue weighted by Gasteiger charge is 2.05. The first-order chi connectivity index (χ1) is 8.70. The van der Waals surface area contributed by atoms with E-state index < -0.39 is 0 Å². The second-order valence-corrected chi connectivity index (χ2v) is 4.69. The van der Waals surface area contributed by atoms with Crippen molar-refractivity contribution in [2.75, 3.05) is 12.8 Å². The van der Waals surface area contributed by atoms with Crippen LogP contribution in [0.15, 0.2) is 41.6 Å². The van der Waals surface area contributed by atoms with Crippen molar-refractivity contribution < 1.29 is 9.13 Å². The molecule has 0 saturated carbocycles. The quantitative estimate of drug-likeness (QED) is 0.862. The van der Waals surface area contributed by atoms with Crippen molar-refractivity contribution in [3.05, 3.63) is 48.0 Å².